The quantitative estimate of drug-likeness (QED) is 0.443. The van der Waals surface area contributed by atoms with E-state index in [-0.39, 0.29) is 36.6 Å². The van der Waals surface area contributed by atoms with Gasteiger partial charge in [-0.2, -0.15) is 0 Å². The third-order valence-electron chi connectivity index (χ3n) is 4.29. The highest BCUT2D eigenvalue weighted by atomic mass is 16.5. The van der Waals surface area contributed by atoms with Crippen LogP contribution in [-0.2, 0) is 14.3 Å². The molecule has 0 aliphatic heterocycles. The van der Waals surface area contributed by atoms with E-state index in [0.717, 1.165) is 0 Å². The second kappa shape index (κ2) is 12.0. The van der Waals surface area contributed by atoms with Crippen molar-refractivity contribution in [1.29, 1.82) is 0 Å². The molecule has 3 aromatic rings. The fraction of sp³-hybridized carbons (Fsp3) is 0.200. The van der Waals surface area contributed by atoms with Crippen molar-refractivity contribution in [3.8, 4) is 17.4 Å². The van der Waals surface area contributed by atoms with Crippen LogP contribution in [0.2, 0.25) is 0 Å². The number of carbonyl (C=O) groups is 3. The van der Waals surface area contributed by atoms with Gasteiger partial charge in [0.25, 0.3) is 5.91 Å². The minimum absolute atomic E-state index is 0.118. The number of esters is 2. The van der Waals surface area contributed by atoms with Crippen LogP contribution in [0, 0.1) is 0 Å². The van der Waals surface area contributed by atoms with Crippen molar-refractivity contribution in [1.82, 2.24) is 4.98 Å². The van der Waals surface area contributed by atoms with E-state index in [1.807, 2.05) is 6.07 Å². The number of hydrogen-bond acceptors (Lipinski definition) is 8. The summed E-state index contributed by atoms with van der Waals surface area (Å²) in [5.41, 5.74) is 0.473. The predicted octanol–water partition coefficient (Wildman–Crippen LogP) is 4.24. The summed E-state index contributed by atoms with van der Waals surface area (Å²) in [5.74, 6) is -0.233. The molecule has 0 bridgehead atoms. The van der Waals surface area contributed by atoms with Crippen LogP contribution in [0.15, 0.2) is 66.9 Å². The lowest BCUT2D eigenvalue weighted by molar-refractivity contribution is -0.118. The van der Waals surface area contributed by atoms with E-state index in [4.69, 9.17) is 18.9 Å². The van der Waals surface area contributed by atoms with Crippen molar-refractivity contribution >= 4 is 23.5 Å². The molecule has 1 N–H and O–H groups in total. The molecule has 0 saturated heterocycles. The number of hydrogen-bond donors (Lipinski definition) is 1. The molecule has 3 rings (SSSR count). The summed E-state index contributed by atoms with van der Waals surface area (Å²) in [7, 11) is 0. The lowest BCUT2D eigenvalue weighted by Crippen LogP contribution is -2.21. The Labute approximate surface area is 196 Å². The van der Waals surface area contributed by atoms with E-state index < -0.39 is 17.8 Å². The molecule has 9 heteroatoms. The molecule has 9 nitrogen and oxygen atoms in total. The Morgan fingerprint density at radius 2 is 1.44 bits per heavy atom. The maximum atomic E-state index is 12.4. The number of pyridine rings is 1. The third kappa shape index (κ3) is 7.06. The number of carbonyl (C=O) groups excluding carboxylic acids is 3. The highest BCUT2D eigenvalue weighted by molar-refractivity contribution is 5.99. The Morgan fingerprint density at radius 3 is 2.00 bits per heavy atom. The number of amides is 1. The number of anilines is 1. The molecule has 176 valence electrons. The lowest BCUT2D eigenvalue weighted by Gasteiger charge is -2.11. The average Bonchev–Trinajstić information content (AvgIpc) is 2.84. The molecule has 34 heavy (non-hydrogen) atoms. The SMILES string of the molecule is CCOC(=O)c1cc(NC(=O)COc2ccc(Oc3ccccn3)cc2)cc(C(=O)OCC)c1. The first kappa shape index (κ1) is 24.2. The highest BCUT2D eigenvalue weighted by Crippen LogP contribution is 2.22. The molecule has 1 aromatic heterocycles. The summed E-state index contributed by atoms with van der Waals surface area (Å²) >= 11 is 0. The molecule has 1 amide bonds. The second-order valence-corrected chi connectivity index (χ2v) is 6.82. The second-order valence-electron chi connectivity index (χ2n) is 6.82. The zero-order valence-corrected chi connectivity index (χ0v) is 18.8. The van der Waals surface area contributed by atoms with E-state index in [1.54, 1.807) is 56.4 Å². The van der Waals surface area contributed by atoms with Gasteiger partial charge in [0.05, 0.1) is 24.3 Å². The van der Waals surface area contributed by atoms with Gasteiger partial charge in [-0.05, 0) is 62.4 Å². The molecular formula is C25H24N2O7. The molecule has 0 aliphatic rings. The number of benzene rings is 2. The monoisotopic (exact) mass is 464 g/mol. The molecule has 0 atom stereocenters. The van der Waals surface area contributed by atoms with E-state index in [2.05, 4.69) is 10.3 Å². The molecule has 0 radical (unpaired) electrons. The molecule has 0 fully saturated rings. The molecule has 2 aromatic carbocycles. The molecule has 0 spiro atoms. The van der Waals surface area contributed by atoms with Crippen molar-refractivity contribution < 1.29 is 33.3 Å². The van der Waals surface area contributed by atoms with Gasteiger partial charge >= 0.3 is 11.9 Å². The zero-order chi connectivity index (χ0) is 24.3. The van der Waals surface area contributed by atoms with Crippen LogP contribution in [0.3, 0.4) is 0 Å². The standard InChI is InChI=1S/C25H24N2O7/c1-3-31-24(29)17-13-18(25(30)32-4-2)15-19(14-17)27-22(28)16-33-20-8-10-21(11-9-20)34-23-7-5-6-12-26-23/h5-15H,3-4,16H2,1-2H3,(H,27,28). The van der Waals surface area contributed by atoms with Crippen LogP contribution >= 0.6 is 0 Å². The molecule has 1 heterocycles. The van der Waals surface area contributed by atoms with Crippen LogP contribution in [0.4, 0.5) is 5.69 Å². The van der Waals surface area contributed by atoms with Crippen LogP contribution in [0.25, 0.3) is 0 Å². The Balaban J connectivity index is 1.62. The highest BCUT2D eigenvalue weighted by Gasteiger charge is 2.16. The number of nitrogens with zero attached hydrogens (tertiary/aromatic N) is 1. The summed E-state index contributed by atoms with van der Waals surface area (Å²) in [6, 6.07) is 16.2. The minimum Gasteiger partial charge on any atom is -0.484 e. The summed E-state index contributed by atoms with van der Waals surface area (Å²) < 4.78 is 21.1. The van der Waals surface area contributed by atoms with Gasteiger partial charge in [0.15, 0.2) is 6.61 Å². The third-order valence-corrected chi connectivity index (χ3v) is 4.29. The van der Waals surface area contributed by atoms with Gasteiger partial charge in [0.2, 0.25) is 5.88 Å². The topological polar surface area (TPSA) is 113 Å². The van der Waals surface area contributed by atoms with Crippen LogP contribution in [-0.4, -0.2) is 42.7 Å². The van der Waals surface area contributed by atoms with Crippen molar-refractivity contribution in [2.45, 2.75) is 13.8 Å². The Morgan fingerprint density at radius 1 is 0.824 bits per heavy atom. The molecule has 0 unspecified atom stereocenters. The normalized spacial score (nSPS) is 10.2. The van der Waals surface area contributed by atoms with Crippen LogP contribution in [0.5, 0.6) is 17.4 Å². The van der Waals surface area contributed by atoms with Crippen LogP contribution in [0.1, 0.15) is 34.6 Å². The number of nitrogens with one attached hydrogen (secondary N) is 1. The Hall–Kier alpha value is -4.40. The summed E-state index contributed by atoms with van der Waals surface area (Å²) in [6.07, 6.45) is 1.63. The molecular weight excluding hydrogens is 440 g/mol. The Kier molecular flexibility index (Phi) is 8.56. The predicted molar refractivity (Wildman–Crippen MR) is 123 cm³/mol. The fourth-order valence-electron chi connectivity index (χ4n) is 2.84. The number of ether oxygens (including phenoxy) is 4. The first-order valence-corrected chi connectivity index (χ1v) is 10.6. The van der Waals surface area contributed by atoms with Gasteiger partial charge in [0, 0.05) is 18.0 Å². The summed E-state index contributed by atoms with van der Waals surface area (Å²) in [6.45, 7) is 3.39. The van der Waals surface area contributed by atoms with Crippen LogP contribution < -0.4 is 14.8 Å². The average molecular weight is 464 g/mol. The largest absolute Gasteiger partial charge is 0.484 e. The molecule has 0 aliphatic carbocycles. The van der Waals surface area contributed by atoms with Crippen molar-refractivity contribution in [2.75, 3.05) is 25.1 Å². The maximum Gasteiger partial charge on any atom is 0.338 e. The van der Waals surface area contributed by atoms with Crippen molar-refractivity contribution in [2.24, 2.45) is 0 Å². The minimum atomic E-state index is -0.617. The fourth-order valence-corrected chi connectivity index (χ4v) is 2.84. The lowest BCUT2D eigenvalue weighted by atomic mass is 10.1. The van der Waals surface area contributed by atoms with E-state index in [0.29, 0.717) is 17.4 Å². The van der Waals surface area contributed by atoms with E-state index >= 15 is 0 Å². The zero-order valence-electron chi connectivity index (χ0n) is 18.8. The van der Waals surface area contributed by atoms with E-state index in [1.165, 1.54) is 18.2 Å². The van der Waals surface area contributed by atoms with Gasteiger partial charge in [-0.3, -0.25) is 4.79 Å². The number of rotatable bonds is 10. The molecule has 0 saturated carbocycles. The summed E-state index contributed by atoms with van der Waals surface area (Å²) in [4.78, 5) is 40.8. The smallest absolute Gasteiger partial charge is 0.338 e. The van der Waals surface area contributed by atoms with Gasteiger partial charge in [0.1, 0.15) is 11.5 Å². The van der Waals surface area contributed by atoms with Gasteiger partial charge in [-0.1, -0.05) is 6.07 Å². The maximum absolute atomic E-state index is 12.4. The first-order valence-electron chi connectivity index (χ1n) is 10.6. The Bertz CT molecular complexity index is 1100. The van der Waals surface area contributed by atoms with Crippen molar-refractivity contribution in [3.05, 3.63) is 78.0 Å². The first-order chi connectivity index (χ1) is 16.5. The van der Waals surface area contributed by atoms with Gasteiger partial charge in [-0.25, -0.2) is 14.6 Å². The number of aromatic nitrogens is 1. The summed E-state index contributed by atoms with van der Waals surface area (Å²) in [5, 5.41) is 2.62. The van der Waals surface area contributed by atoms with Gasteiger partial charge < -0.3 is 24.3 Å². The van der Waals surface area contributed by atoms with Gasteiger partial charge in [-0.15, -0.1) is 0 Å². The van der Waals surface area contributed by atoms with Crippen molar-refractivity contribution in [3.63, 3.8) is 0 Å². The van der Waals surface area contributed by atoms with E-state index in [9.17, 15) is 14.4 Å².